The van der Waals surface area contributed by atoms with Crippen LogP contribution in [0.3, 0.4) is 0 Å². The lowest BCUT2D eigenvalue weighted by molar-refractivity contribution is 0.0488. The van der Waals surface area contributed by atoms with E-state index in [1.165, 1.54) is 12.1 Å². The molecule has 1 aromatic rings. The Morgan fingerprint density at radius 3 is 2.47 bits per heavy atom. The summed E-state index contributed by atoms with van der Waals surface area (Å²) in [4.78, 5) is 11.5. The van der Waals surface area contributed by atoms with E-state index in [9.17, 15) is 13.2 Å². The fourth-order valence-corrected chi connectivity index (χ4v) is 2.39. The summed E-state index contributed by atoms with van der Waals surface area (Å²) in [6, 6.07) is 3.66. The van der Waals surface area contributed by atoms with E-state index in [0.717, 1.165) is 12.5 Å². The summed E-state index contributed by atoms with van der Waals surface area (Å²) in [6.45, 7) is 4.28. The minimum atomic E-state index is -3.94. The zero-order valence-electron chi connectivity index (χ0n) is 10.5. The monoisotopic (exact) mass is 324 g/mol. The molecule has 1 rings (SSSR count). The Hall–Kier alpha value is -0.780. The number of carbonyl (C=O) groups excluding carboxylic acids is 1. The molecule has 0 N–H and O–H groups in total. The van der Waals surface area contributed by atoms with Gasteiger partial charge in [-0.15, -0.1) is 0 Å². The summed E-state index contributed by atoms with van der Waals surface area (Å²) < 4.78 is 27.5. The molecule has 0 saturated carbocycles. The predicted octanol–water partition coefficient (Wildman–Crippen LogP) is 3.47. The standard InChI is InChI=1S/C12H14Cl2O4S/c1-8(2)3-4-18-12(15)9-5-10(13)7-11(6-9)19(14,16)17/h5-8H,3-4H2,1-2H3. The van der Waals surface area contributed by atoms with Crippen molar-refractivity contribution in [2.24, 2.45) is 5.92 Å². The van der Waals surface area contributed by atoms with Crippen LogP contribution < -0.4 is 0 Å². The van der Waals surface area contributed by atoms with E-state index in [2.05, 4.69) is 0 Å². The van der Waals surface area contributed by atoms with Gasteiger partial charge in [0.2, 0.25) is 0 Å². The van der Waals surface area contributed by atoms with E-state index in [0.29, 0.717) is 5.92 Å². The van der Waals surface area contributed by atoms with Gasteiger partial charge in [-0.05, 0) is 30.5 Å². The van der Waals surface area contributed by atoms with E-state index < -0.39 is 15.0 Å². The normalized spacial score (nSPS) is 11.6. The van der Waals surface area contributed by atoms with Crippen molar-refractivity contribution in [1.29, 1.82) is 0 Å². The van der Waals surface area contributed by atoms with Crippen LogP contribution in [0.1, 0.15) is 30.6 Å². The highest BCUT2D eigenvalue weighted by molar-refractivity contribution is 8.13. The number of esters is 1. The van der Waals surface area contributed by atoms with Gasteiger partial charge in [0.15, 0.2) is 0 Å². The van der Waals surface area contributed by atoms with Crippen molar-refractivity contribution in [2.45, 2.75) is 25.2 Å². The van der Waals surface area contributed by atoms with E-state index >= 15 is 0 Å². The molecule has 0 radical (unpaired) electrons. The summed E-state index contributed by atoms with van der Waals surface area (Å²) in [5.41, 5.74) is 0.0653. The highest BCUT2D eigenvalue weighted by Gasteiger charge is 2.16. The molecule has 0 bridgehead atoms. The van der Waals surface area contributed by atoms with Crippen LogP contribution in [-0.4, -0.2) is 21.0 Å². The number of ether oxygens (including phenoxy) is 1. The summed E-state index contributed by atoms with van der Waals surface area (Å²) >= 11 is 5.75. The van der Waals surface area contributed by atoms with E-state index in [4.69, 9.17) is 27.0 Å². The molecule has 0 aromatic heterocycles. The second-order valence-electron chi connectivity index (χ2n) is 4.43. The molecule has 0 aliphatic rings. The Bertz CT molecular complexity index is 567. The zero-order chi connectivity index (χ0) is 14.6. The molecule has 0 unspecified atom stereocenters. The van der Waals surface area contributed by atoms with Gasteiger partial charge in [-0.1, -0.05) is 25.4 Å². The van der Waals surface area contributed by atoms with Gasteiger partial charge in [0.25, 0.3) is 9.05 Å². The van der Waals surface area contributed by atoms with Gasteiger partial charge in [0.1, 0.15) is 0 Å². The van der Waals surface area contributed by atoms with Gasteiger partial charge in [-0.3, -0.25) is 0 Å². The average molecular weight is 325 g/mol. The van der Waals surface area contributed by atoms with Gasteiger partial charge in [0, 0.05) is 15.7 Å². The Morgan fingerprint density at radius 2 is 1.95 bits per heavy atom. The van der Waals surface area contributed by atoms with Crippen LogP contribution in [0.2, 0.25) is 5.02 Å². The van der Waals surface area contributed by atoms with Crippen molar-refractivity contribution in [3.8, 4) is 0 Å². The lowest BCUT2D eigenvalue weighted by atomic mass is 10.1. The number of halogens is 2. The number of rotatable bonds is 5. The van der Waals surface area contributed by atoms with Crippen molar-refractivity contribution < 1.29 is 17.9 Å². The molecule has 4 nitrogen and oxygen atoms in total. The van der Waals surface area contributed by atoms with Crippen LogP contribution in [0.15, 0.2) is 23.1 Å². The average Bonchev–Trinajstić information content (AvgIpc) is 2.26. The Morgan fingerprint density at radius 1 is 1.32 bits per heavy atom. The molecule has 7 heteroatoms. The van der Waals surface area contributed by atoms with Crippen LogP contribution in [0.4, 0.5) is 0 Å². The van der Waals surface area contributed by atoms with Crippen molar-refractivity contribution >= 4 is 37.3 Å². The molecule has 0 aliphatic carbocycles. The highest BCUT2D eigenvalue weighted by Crippen LogP contribution is 2.22. The maximum Gasteiger partial charge on any atom is 0.338 e. The third-order valence-electron chi connectivity index (χ3n) is 2.32. The maximum atomic E-state index is 11.7. The van der Waals surface area contributed by atoms with Gasteiger partial charge in [0.05, 0.1) is 17.1 Å². The molecule has 0 heterocycles. The Balaban J connectivity index is 2.89. The predicted molar refractivity (Wildman–Crippen MR) is 74.2 cm³/mol. The lowest BCUT2D eigenvalue weighted by Gasteiger charge is -2.08. The Kier molecular flexibility index (Phi) is 5.64. The summed E-state index contributed by atoms with van der Waals surface area (Å²) in [5.74, 6) is -0.212. The molecule has 19 heavy (non-hydrogen) atoms. The third-order valence-corrected chi connectivity index (χ3v) is 3.87. The van der Waals surface area contributed by atoms with Crippen molar-refractivity contribution in [3.05, 3.63) is 28.8 Å². The third kappa shape index (κ3) is 5.38. The first-order valence-corrected chi connectivity index (χ1v) is 8.31. The zero-order valence-corrected chi connectivity index (χ0v) is 12.8. The topological polar surface area (TPSA) is 60.4 Å². The minimum Gasteiger partial charge on any atom is -0.462 e. The largest absolute Gasteiger partial charge is 0.462 e. The molecule has 0 aliphatic heterocycles. The second kappa shape index (κ2) is 6.59. The first kappa shape index (κ1) is 16.3. The minimum absolute atomic E-state index is 0.0653. The lowest BCUT2D eigenvalue weighted by Crippen LogP contribution is -2.09. The number of carbonyl (C=O) groups is 1. The van der Waals surface area contributed by atoms with Crippen LogP contribution in [0.5, 0.6) is 0 Å². The van der Waals surface area contributed by atoms with E-state index in [-0.39, 0.29) is 22.1 Å². The van der Waals surface area contributed by atoms with E-state index in [1.807, 2.05) is 13.8 Å². The van der Waals surface area contributed by atoms with Crippen LogP contribution in [-0.2, 0) is 13.8 Å². The number of hydrogen-bond donors (Lipinski definition) is 0. The smallest absolute Gasteiger partial charge is 0.338 e. The number of benzene rings is 1. The van der Waals surface area contributed by atoms with Gasteiger partial charge < -0.3 is 4.74 Å². The van der Waals surface area contributed by atoms with Crippen LogP contribution in [0.25, 0.3) is 0 Å². The molecule has 1 aromatic carbocycles. The summed E-state index contributed by atoms with van der Waals surface area (Å²) in [6.07, 6.45) is 0.729. The summed E-state index contributed by atoms with van der Waals surface area (Å²) in [7, 11) is 1.28. The van der Waals surface area contributed by atoms with Gasteiger partial charge in [-0.2, -0.15) is 0 Å². The van der Waals surface area contributed by atoms with Crippen LogP contribution >= 0.6 is 22.3 Å². The first-order valence-electron chi connectivity index (χ1n) is 5.62. The molecule has 106 valence electrons. The van der Waals surface area contributed by atoms with E-state index in [1.54, 1.807) is 0 Å². The number of hydrogen-bond acceptors (Lipinski definition) is 4. The van der Waals surface area contributed by atoms with Crippen molar-refractivity contribution in [3.63, 3.8) is 0 Å². The molecule has 0 spiro atoms. The fraction of sp³-hybridized carbons (Fsp3) is 0.417. The SMILES string of the molecule is CC(C)CCOC(=O)c1cc(Cl)cc(S(=O)(=O)Cl)c1. The molecular formula is C12H14Cl2O4S. The Labute approximate surface area is 122 Å². The van der Waals surface area contributed by atoms with Gasteiger partial charge >= 0.3 is 5.97 Å². The highest BCUT2D eigenvalue weighted by atomic mass is 35.7. The maximum absolute atomic E-state index is 11.7. The summed E-state index contributed by atoms with van der Waals surface area (Å²) in [5, 5.41) is 0.109. The quantitative estimate of drug-likeness (QED) is 0.614. The van der Waals surface area contributed by atoms with Crippen molar-refractivity contribution in [2.75, 3.05) is 6.61 Å². The molecule has 0 atom stereocenters. The molecular weight excluding hydrogens is 311 g/mol. The van der Waals surface area contributed by atoms with Crippen LogP contribution in [0, 0.1) is 5.92 Å². The van der Waals surface area contributed by atoms with Crippen molar-refractivity contribution in [1.82, 2.24) is 0 Å². The van der Waals surface area contributed by atoms with Gasteiger partial charge in [-0.25, -0.2) is 13.2 Å². The molecule has 0 saturated heterocycles. The molecule has 0 amide bonds. The second-order valence-corrected chi connectivity index (χ2v) is 7.43. The fourth-order valence-electron chi connectivity index (χ4n) is 1.29. The molecule has 0 fully saturated rings. The first-order chi connectivity index (χ1) is 8.70.